The van der Waals surface area contributed by atoms with Gasteiger partial charge in [-0.25, -0.2) is 4.68 Å². The van der Waals surface area contributed by atoms with Crippen molar-refractivity contribution in [2.45, 2.75) is 26.3 Å². The van der Waals surface area contributed by atoms with Crippen LogP contribution in [0.1, 0.15) is 34.5 Å². The number of methoxy groups -OCH3 is 1. The van der Waals surface area contributed by atoms with Crippen molar-refractivity contribution in [1.82, 2.24) is 15.0 Å². The molecule has 37 heavy (non-hydrogen) atoms. The second-order valence-electron chi connectivity index (χ2n) is 8.61. The Bertz CT molecular complexity index is 1690. The van der Waals surface area contributed by atoms with Crippen molar-refractivity contribution in [3.05, 3.63) is 94.0 Å². The fourth-order valence-electron chi connectivity index (χ4n) is 4.18. The van der Waals surface area contributed by atoms with E-state index in [9.17, 15) is 14.4 Å². The van der Waals surface area contributed by atoms with E-state index < -0.39 is 0 Å². The van der Waals surface area contributed by atoms with E-state index in [-0.39, 0.29) is 36.0 Å². The molecule has 9 nitrogen and oxygen atoms in total. The zero-order valence-electron chi connectivity index (χ0n) is 20.4. The highest BCUT2D eigenvalue weighted by Crippen LogP contribution is 2.29. The number of furan rings is 1. The van der Waals surface area contributed by atoms with E-state index in [0.29, 0.717) is 39.9 Å². The highest BCUT2D eigenvalue weighted by atomic mass is 16.5. The van der Waals surface area contributed by atoms with Gasteiger partial charge in [0.15, 0.2) is 5.76 Å². The molecule has 0 saturated carbocycles. The van der Waals surface area contributed by atoms with E-state index in [0.717, 1.165) is 10.9 Å². The number of ketones is 1. The largest absolute Gasteiger partial charge is 0.497 e. The lowest BCUT2D eigenvalue weighted by Gasteiger charge is -2.06. The number of carbonyl (C=O) groups is 2. The smallest absolute Gasteiger partial charge is 0.277 e. The third-order valence-corrected chi connectivity index (χ3v) is 6.18. The van der Waals surface area contributed by atoms with Gasteiger partial charge in [0, 0.05) is 41.2 Å². The van der Waals surface area contributed by atoms with Crippen molar-refractivity contribution in [1.29, 1.82) is 0 Å². The maximum Gasteiger partial charge on any atom is 0.277 e. The molecule has 0 aliphatic carbocycles. The molecule has 0 atom stereocenters. The highest BCUT2D eigenvalue weighted by Gasteiger charge is 2.20. The average molecular weight is 497 g/mol. The topological polar surface area (TPSA) is 116 Å². The van der Waals surface area contributed by atoms with Crippen LogP contribution in [0.4, 0.5) is 5.69 Å². The molecule has 0 aliphatic rings. The molecule has 5 aromatic rings. The van der Waals surface area contributed by atoms with Gasteiger partial charge < -0.3 is 14.5 Å². The van der Waals surface area contributed by atoms with Crippen molar-refractivity contribution in [3.8, 4) is 5.75 Å². The van der Waals surface area contributed by atoms with Gasteiger partial charge in [-0.15, -0.1) is 5.10 Å². The maximum absolute atomic E-state index is 13.0. The van der Waals surface area contributed by atoms with Crippen LogP contribution in [0.3, 0.4) is 0 Å². The molecule has 1 N–H and O–H groups in total. The number of hydrogen-bond acceptors (Lipinski definition) is 7. The number of ether oxygens (including phenoxy) is 1. The number of benzene rings is 3. The summed E-state index contributed by atoms with van der Waals surface area (Å²) in [5.74, 6) is 0.481. The quantitative estimate of drug-likeness (QED) is 0.314. The Morgan fingerprint density at radius 1 is 1.03 bits per heavy atom. The van der Waals surface area contributed by atoms with Gasteiger partial charge in [0.05, 0.1) is 12.5 Å². The van der Waals surface area contributed by atoms with Crippen molar-refractivity contribution in [2.75, 3.05) is 12.4 Å². The molecule has 0 spiro atoms. The maximum atomic E-state index is 13.0. The second-order valence-corrected chi connectivity index (χ2v) is 8.61. The summed E-state index contributed by atoms with van der Waals surface area (Å²) in [5, 5.41) is 12.1. The minimum atomic E-state index is -0.232. The van der Waals surface area contributed by atoms with Crippen molar-refractivity contribution < 1.29 is 18.7 Å². The molecule has 5 rings (SSSR count). The first-order valence-electron chi connectivity index (χ1n) is 11.8. The van der Waals surface area contributed by atoms with Crippen LogP contribution in [-0.4, -0.2) is 33.8 Å². The zero-order chi connectivity index (χ0) is 25.9. The highest BCUT2D eigenvalue weighted by molar-refractivity contribution is 6.10. The number of amides is 1. The summed E-state index contributed by atoms with van der Waals surface area (Å²) in [6.07, 6.45) is 0.610. The molecule has 2 aromatic heterocycles. The Kier molecular flexibility index (Phi) is 6.51. The Morgan fingerprint density at radius 2 is 1.81 bits per heavy atom. The molecule has 3 aromatic carbocycles. The van der Waals surface area contributed by atoms with E-state index in [2.05, 4.69) is 15.6 Å². The Morgan fingerprint density at radius 3 is 2.59 bits per heavy atom. The third-order valence-electron chi connectivity index (χ3n) is 6.18. The first kappa shape index (κ1) is 23.9. The van der Waals surface area contributed by atoms with E-state index in [1.54, 1.807) is 67.8 Å². The molecule has 0 aliphatic heterocycles. The standard InChI is InChI=1S/C28H24N4O5/c1-17-21-14-11-19(16-24(21)37-27(17)26(34)18-9-12-20(36-2)13-10-18)29-25(33)8-5-15-32-28(35)22-6-3-4-7-23(22)30-31-32/h3-4,6-7,9-14,16H,5,8,15H2,1-2H3,(H,29,33). The van der Waals surface area contributed by atoms with Gasteiger partial charge in [-0.05, 0) is 61.9 Å². The molecule has 0 fully saturated rings. The number of aryl methyl sites for hydroxylation is 2. The molecule has 2 heterocycles. The summed E-state index contributed by atoms with van der Waals surface area (Å²) >= 11 is 0. The number of nitrogens with one attached hydrogen (secondary N) is 1. The third kappa shape index (κ3) is 4.84. The van der Waals surface area contributed by atoms with Gasteiger partial charge in [-0.3, -0.25) is 14.4 Å². The number of rotatable bonds is 8. The van der Waals surface area contributed by atoms with Crippen LogP contribution in [0, 0.1) is 6.92 Å². The van der Waals surface area contributed by atoms with Crippen LogP contribution in [0.25, 0.3) is 21.9 Å². The van der Waals surface area contributed by atoms with Crippen molar-refractivity contribution >= 4 is 39.2 Å². The van der Waals surface area contributed by atoms with E-state index in [1.165, 1.54) is 4.68 Å². The van der Waals surface area contributed by atoms with Crippen LogP contribution in [0.15, 0.2) is 75.9 Å². The number of nitrogens with zero attached hydrogens (tertiary/aromatic N) is 3. The monoisotopic (exact) mass is 496 g/mol. The summed E-state index contributed by atoms with van der Waals surface area (Å²) in [4.78, 5) is 38.1. The van der Waals surface area contributed by atoms with Gasteiger partial charge >= 0.3 is 0 Å². The van der Waals surface area contributed by atoms with Crippen molar-refractivity contribution in [3.63, 3.8) is 0 Å². The predicted molar refractivity (Wildman–Crippen MR) is 139 cm³/mol. The second kappa shape index (κ2) is 10.1. The molecular weight excluding hydrogens is 472 g/mol. The van der Waals surface area contributed by atoms with Gasteiger partial charge in [0.25, 0.3) is 5.56 Å². The zero-order valence-corrected chi connectivity index (χ0v) is 20.4. The molecular formula is C28H24N4O5. The predicted octanol–water partition coefficient (Wildman–Crippen LogP) is 4.50. The minimum absolute atomic E-state index is 0.192. The van der Waals surface area contributed by atoms with E-state index >= 15 is 0 Å². The SMILES string of the molecule is COc1ccc(C(=O)c2oc3cc(NC(=O)CCCn4nnc5ccccc5c4=O)ccc3c2C)cc1. The van der Waals surface area contributed by atoms with Crippen LogP contribution in [0.2, 0.25) is 0 Å². The number of anilines is 1. The van der Waals surface area contributed by atoms with Gasteiger partial charge in [-0.2, -0.15) is 0 Å². The van der Waals surface area contributed by atoms with Gasteiger partial charge in [0.2, 0.25) is 11.7 Å². The summed E-state index contributed by atoms with van der Waals surface area (Å²) in [5.41, 5.74) is 2.59. The van der Waals surface area contributed by atoms with E-state index in [1.807, 2.05) is 13.0 Å². The lowest BCUT2D eigenvalue weighted by molar-refractivity contribution is -0.116. The fraction of sp³-hybridized carbons (Fsp3) is 0.179. The molecule has 0 unspecified atom stereocenters. The lowest BCUT2D eigenvalue weighted by atomic mass is 10.0. The van der Waals surface area contributed by atoms with Gasteiger partial charge in [0.1, 0.15) is 16.8 Å². The van der Waals surface area contributed by atoms with Crippen molar-refractivity contribution in [2.24, 2.45) is 0 Å². The molecule has 186 valence electrons. The van der Waals surface area contributed by atoms with Crippen LogP contribution < -0.4 is 15.6 Å². The van der Waals surface area contributed by atoms with Crippen LogP contribution >= 0.6 is 0 Å². The molecule has 9 heteroatoms. The Labute approximate surface area is 211 Å². The lowest BCUT2D eigenvalue weighted by Crippen LogP contribution is -2.25. The molecule has 0 radical (unpaired) electrons. The number of hydrogen-bond donors (Lipinski definition) is 1. The summed E-state index contributed by atoms with van der Waals surface area (Å²) in [7, 11) is 1.57. The molecule has 1 amide bonds. The normalized spacial score (nSPS) is 11.1. The van der Waals surface area contributed by atoms with Crippen LogP contribution in [0.5, 0.6) is 5.75 Å². The molecule has 0 saturated heterocycles. The number of aromatic nitrogens is 3. The van der Waals surface area contributed by atoms with Gasteiger partial charge in [-0.1, -0.05) is 17.3 Å². The first-order valence-corrected chi connectivity index (χ1v) is 11.8. The number of fused-ring (bicyclic) bond motifs is 2. The minimum Gasteiger partial charge on any atom is -0.497 e. The first-order chi connectivity index (χ1) is 17.9. The Balaban J connectivity index is 1.24. The molecule has 0 bridgehead atoms. The Hall–Kier alpha value is -4.79. The summed E-state index contributed by atoms with van der Waals surface area (Å²) in [6, 6.07) is 19.1. The number of carbonyl (C=O) groups excluding carboxylic acids is 2. The fourth-order valence-corrected chi connectivity index (χ4v) is 4.18. The average Bonchev–Trinajstić information content (AvgIpc) is 3.25. The summed E-state index contributed by atoms with van der Waals surface area (Å²) in [6.45, 7) is 2.11. The summed E-state index contributed by atoms with van der Waals surface area (Å²) < 4.78 is 12.3. The van der Waals surface area contributed by atoms with E-state index in [4.69, 9.17) is 9.15 Å². The van der Waals surface area contributed by atoms with Crippen LogP contribution in [-0.2, 0) is 11.3 Å².